The van der Waals surface area contributed by atoms with Crippen molar-refractivity contribution in [1.82, 2.24) is 0 Å². The predicted molar refractivity (Wildman–Crippen MR) is 70.5 cm³/mol. The van der Waals surface area contributed by atoms with Gasteiger partial charge in [0.15, 0.2) is 5.60 Å². The molecule has 0 unspecified atom stereocenters. The second-order valence-corrected chi connectivity index (χ2v) is 5.38. The van der Waals surface area contributed by atoms with Crippen molar-refractivity contribution < 1.29 is 28.9 Å². The molecule has 0 amide bonds. The Morgan fingerprint density at radius 2 is 2.00 bits per heavy atom. The van der Waals surface area contributed by atoms with Crippen molar-refractivity contribution >= 4 is 11.9 Å². The van der Waals surface area contributed by atoms with E-state index < -0.39 is 23.6 Å². The number of benzene rings is 1. The quantitative estimate of drug-likeness (QED) is 0.651. The van der Waals surface area contributed by atoms with Gasteiger partial charge >= 0.3 is 11.9 Å². The lowest BCUT2D eigenvalue weighted by atomic mass is 9.83. The molecular weight excluding hydrogens is 276 g/mol. The van der Waals surface area contributed by atoms with Gasteiger partial charge in [-0.05, 0) is 12.1 Å². The first-order valence-electron chi connectivity index (χ1n) is 6.76. The van der Waals surface area contributed by atoms with Gasteiger partial charge in [0.1, 0.15) is 12.2 Å². The van der Waals surface area contributed by atoms with Gasteiger partial charge in [-0.15, -0.1) is 0 Å². The number of rotatable bonds is 3. The van der Waals surface area contributed by atoms with Gasteiger partial charge in [-0.3, -0.25) is 0 Å². The van der Waals surface area contributed by atoms with E-state index in [0.717, 1.165) is 0 Å². The largest absolute Gasteiger partial charge is 0.467 e. The number of hydrogen-bond donors (Lipinski definition) is 1. The first-order chi connectivity index (χ1) is 10.0. The Hall–Kier alpha value is -1.92. The second kappa shape index (κ2) is 5.13. The van der Waals surface area contributed by atoms with E-state index in [-0.39, 0.29) is 25.0 Å². The molecular formula is C15H16O6. The summed E-state index contributed by atoms with van der Waals surface area (Å²) in [5.41, 5.74) is -1.24. The summed E-state index contributed by atoms with van der Waals surface area (Å²) in [5.74, 6) is -1.22. The zero-order valence-corrected chi connectivity index (χ0v) is 11.5. The summed E-state index contributed by atoms with van der Waals surface area (Å²) in [4.78, 5) is 23.7. The molecule has 1 heterocycles. The third-order valence-electron chi connectivity index (χ3n) is 3.90. The lowest BCUT2D eigenvalue weighted by Gasteiger charge is -2.31. The molecule has 1 aliphatic heterocycles. The summed E-state index contributed by atoms with van der Waals surface area (Å²) in [7, 11) is 1.21. The Kier molecular flexibility index (Phi) is 3.43. The van der Waals surface area contributed by atoms with Crippen molar-refractivity contribution in [3.8, 4) is 0 Å². The smallest absolute Gasteiger partial charge is 0.338 e. The van der Waals surface area contributed by atoms with Gasteiger partial charge in [-0.1, -0.05) is 18.2 Å². The van der Waals surface area contributed by atoms with Crippen molar-refractivity contribution in [2.45, 2.75) is 36.8 Å². The van der Waals surface area contributed by atoms with Gasteiger partial charge in [-0.2, -0.15) is 0 Å². The fraction of sp³-hybridized carbons (Fsp3) is 0.467. The summed E-state index contributed by atoms with van der Waals surface area (Å²) in [6, 6.07) is 8.55. The van der Waals surface area contributed by atoms with E-state index in [1.165, 1.54) is 7.11 Å². The van der Waals surface area contributed by atoms with Crippen LogP contribution >= 0.6 is 0 Å². The van der Waals surface area contributed by atoms with Gasteiger partial charge in [0.05, 0.1) is 18.8 Å². The van der Waals surface area contributed by atoms with E-state index in [0.29, 0.717) is 5.56 Å². The molecule has 0 spiro atoms. The number of carbonyl (C=O) groups is 2. The maximum atomic E-state index is 12.1. The molecule has 0 radical (unpaired) electrons. The minimum Gasteiger partial charge on any atom is -0.467 e. The van der Waals surface area contributed by atoms with Crippen LogP contribution in [0.3, 0.4) is 0 Å². The summed E-state index contributed by atoms with van der Waals surface area (Å²) in [5, 5.41) is 10.3. The standard InChI is InChI=1S/C15H16O6/c1-19-14(17)15(18)7-10-12(20-10)11(8-15)21-13(16)9-5-3-2-4-6-9/h2-6,10-12,18H,7-8H2,1H3/t10-,11+,12-,15+/m0/s1. The average Bonchev–Trinajstić information content (AvgIpc) is 3.26. The Bertz CT molecular complexity index is 557. The van der Waals surface area contributed by atoms with Crippen molar-refractivity contribution in [2.75, 3.05) is 7.11 Å². The lowest BCUT2D eigenvalue weighted by Crippen LogP contribution is -2.49. The highest BCUT2D eigenvalue weighted by molar-refractivity contribution is 5.89. The molecule has 1 saturated carbocycles. The van der Waals surface area contributed by atoms with Crippen molar-refractivity contribution in [2.24, 2.45) is 0 Å². The van der Waals surface area contributed by atoms with Gasteiger partial charge in [0, 0.05) is 12.8 Å². The molecule has 21 heavy (non-hydrogen) atoms. The highest BCUT2D eigenvalue weighted by Gasteiger charge is 2.60. The van der Waals surface area contributed by atoms with Crippen LogP contribution in [0.15, 0.2) is 30.3 Å². The van der Waals surface area contributed by atoms with E-state index in [1.54, 1.807) is 30.3 Å². The van der Waals surface area contributed by atoms with Crippen molar-refractivity contribution in [3.05, 3.63) is 35.9 Å². The molecule has 1 N–H and O–H groups in total. The monoisotopic (exact) mass is 292 g/mol. The second-order valence-electron chi connectivity index (χ2n) is 5.38. The predicted octanol–water partition coefficient (Wildman–Crippen LogP) is 0.677. The van der Waals surface area contributed by atoms with Crippen LogP contribution in [0, 0.1) is 0 Å². The molecule has 2 aliphatic rings. The SMILES string of the molecule is COC(=O)[C@@]1(O)C[C@@H]2O[C@@H]2[C@H](OC(=O)c2ccccc2)C1. The van der Waals surface area contributed by atoms with Crippen LogP contribution in [0.1, 0.15) is 23.2 Å². The topological polar surface area (TPSA) is 85.4 Å². The molecule has 1 aliphatic carbocycles. The zero-order chi connectivity index (χ0) is 15.0. The molecule has 1 aromatic rings. The van der Waals surface area contributed by atoms with Crippen LogP contribution in [-0.2, 0) is 19.0 Å². The first-order valence-corrected chi connectivity index (χ1v) is 6.76. The van der Waals surface area contributed by atoms with Gasteiger partial charge < -0.3 is 19.3 Å². The number of ether oxygens (including phenoxy) is 3. The summed E-state index contributed by atoms with van der Waals surface area (Å²) in [6.07, 6.45) is -1.01. The number of epoxide rings is 1. The van der Waals surface area contributed by atoms with Crippen LogP contribution < -0.4 is 0 Å². The number of hydrogen-bond acceptors (Lipinski definition) is 6. The molecule has 6 heteroatoms. The highest BCUT2D eigenvalue weighted by Crippen LogP contribution is 2.43. The van der Waals surface area contributed by atoms with E-state index >= 15 is 0 Å². The Balaban J connectivity index is 1.71. The molecule has 6 nitrogen and oxygen atoms in total. The summed E-state index contributed by atoms with van der Waals surface area (Å²) in [6.45, 7) is 0. The number of methoxy groups -OCH3 is 1. The maximum absolute atomic E-state index is 12.1. The number of esters is 2. The number of fused-ring (bicyclic) bond motifs is 1. The first kappa shape index (κ1) is 14.0. The summed E-state index contributed by atoms with van der Waals surface area (Å²) >= 11 is 0. The van der Waals surface area contributed by atoms with Crippen molar-refractivity contribution in [1.29, 1.82) is 0 Å². The lowest BCUT2D eigenvalue weighted by molar-refractivity contribution is -0.168. The van der Waals surface area contributed by atoms with Crippen LogP contribution in [-0.4, -0.2) is 48.1 Å². The Morgan fingerprint density at radius 3 is 2.67 bits per heavy atom. The molecule has 3 rings (SSSR count). The number of carbonyl (C=O) groups excluding carboxylic acids is 2. The third-order valence-corrected chi connectivity index (χ3v) is 3.90. The molecule has 4 atom stereocenters. The Labute approximate surface area is 121 Å². The zero-order valence-electron chi connectivity index (χ0n) is 11.5. The van der Waals surface area contributed by atoms with Gasteiger partial charge in [0.2, 0.25) is 0 Å². The number of aliphatic hydroxyl groups is 1. The minimum absolute atomic E-state index is 0.0145. The molecule has 2 fully saturated rings. The maximum Gasteiger partial charge on any atom is 0.338 e. The van der Waals surface area contributed by atoms with Crippen molar-refractivity contribution in [3.63, 3.8) is 0 Å². The molecule has 1 saturated heterocycles. The third kappa shape index (κ3) is 2.64. The van der Waals surface area contributed by atoms with Crippen LogP contribution in [0.5, 0.6) is 0 Å². The van der Waals surface area contributed by atoms with E-state index in [2.05, 4.69) is 4.74 Å². The average molecular weight is 292 g/mol. The van der Waals surface area contributed by atoms with Crippen LogP contribution in [0.4, 0.5) is 0 Å². The Morgan fingerprint density at radius 1 is 1.29 bits per heavy atom. The molecule has 0 aromatic heterocycles. The molecule has 0 bridgehead atoms. The molecule has 1 aromatic carbocycles. The van der Waals surface area contributed by atoms with Crippen LogP contribution in [0.2, 0.25) is 0 Å². The van der Waals surface area contributed by atoms with Crippen LogP contribution in [0.25, 0.3) is 0 Å². The fourth-order valence-corrected chi connectivity index (χ4v) is 2.76. The minimum atomic E-state index is -1.66. The fourth-order valence-electron chi connectivity index (χ4n) is 2.76. The normalized spacial score (nSPS) is 33.7. The van der Waals surface area contributed by atoms with E-state index in [9.17, 15) is 14.7 Å². The highest BCUT2D eigenvalue weighted by atomic mass is 16.6. The van der Waals surface area contributed by atoms with Gasteiger partial charge in [0.25, 0.3) is 0 Å². The summed E-state index contributed by atoms with van der Waals surface area (Å²) < 4.78 is 15.4. The van der Waals surface area contributed by atoms with Gasteiger partial charge in [-0.25, -0.2) is 9.59 Å². The van der Waals surface area contributed by atoms with E-state index in [1.807, 2.05) is 0 Å². The molecule has 112 valence electrons. The van der Waals surface area contributed by atoms with E-state index in [4.69, 9.17) is 9.47 Å².